The highest BCUT2D eigenvalue weighted by molar-refractivity contribution is 5.94. The minimum atomic E-state index is -0.500. The Morgan fingerprint density at radius 2 is 1.96 bits per heavy atom. The number of nitrogens with one attached hydrogen (secondary N) is 1. The molecule has 5 nitrogen and oxygen atoms in total. The third-order valence-corrected chi connectivity index (χ3v) is 3.76. The molecule has 0 aliphatic carbocycles. The Morgan fingerprint density at radius 1 is 1.35 bits per heavy atom. The molecule has 0 radical (unpaired) electrons. The summed E-state index contributed by atoms with van der Waals surface area (Å²) in [6, 6.07) is 5.88. The minimum absolute atomic E-state index is 0. The normalized spacial score (nSPS) is 16.4. The fourth-order valence-corrected chi connectivity index (χ4v) is 2.61. The van der Waals surface area contributed by atoms with Gasteiger partial charge in [-0.05, 0) is 31.9 Å². The number of piperidine rings is 1. The number of benzene rings is 1. The Balaban J connectivity index is 0.00000264. The van der Waals surface area contributed by atoms with Crippen molar-refractivity contribution < 1.29 is 14.0 Å². The summed E-state index contributed by atoms with van der Waals surface area (Å²) in [7, 11) is 0. The molecule has 1 aliphatic rings. The van der Waals surface area contributed by atoms with Gasteiger partial charge >= 0.3 is 0 Å². The Bertz CT molecular complexity index is 546. The molecule has 0 spiro atoms. The van der Waals surface area contributed by atoms with Crippen LogP contribution in [0.3, 0.4) is 0 Å². The molecular formula is C16H23ClFN3O2. The van der Waals surface area contributed by atoms with Crippen LogP contribution in [0, 0.1) is 5.82 Å². The predicted molar refractivity (Wildman–Crippen MR) is 89.0 cm³/mol. The van der Waals surface area contributed by atoms with Crippen molar-refractivity contribution >= 4 is 24.2 Å². The molecule has 7 heteroatoms. The van der Waals surface area contributed by atoms with E-state index in [4.69, 9.17) is 5.73 Å². The van der Waals surface area contributed by atoms with Crippen LogP contribution >= 0.6 is 12.4 Å². The molecule has 3 N–H and O–H groups in total. The Kier molecular flexibility index (Phi) is 7.45. The lowest BCUT2D eigenvalue weighted by atomic mass is 10.0. The van der Waals surface area contributed by atoms with E-state index in [2.05, 4.69) is 5.32 Å². The zero-order chi connectivity index (χ0) is 16.1. The van der Waals surface area contributed by atoms with Gasteiger partial charge in [-0.25, -0.2) is 4.39 Å². The molecule has 0 saturated carbocycles. The summed E-state index contributed by atoms with van der Waals surface area (Å²) in [5, 5.41) is 2.93. The average molecular weight is 344 g/mol. The SMILES string of the molecule is CC(N)CC(=O)NC1CCN(C(=O)c2ccccc2F)CC1.Cl. The number of likely N-dealkylation sites (tertiary alicyclic amines) is 1. The predicted octanol–water partition coefficient (Wildman–Crippen LogP) is 1.71. The number of rotatable bonds is 4. The van der Waals surface area contributed by atoms with E-state index < -0.39 is 5.82 Å². The second kappa shape index (κ2) is 8.84. The van der Waals surface area contributed by atoms with Crippen LogP contribution in [0.2, 0.25) is 0 Å². The summed E-state index contributed by atoms with van der Waals surface area (Å²) in [6.07, 6.45) is 1.64. The van der Waals surface area contributed by atoms with E-state index in [0.29, 0.717) is 32.4 Å². The van der Waals surface area contributed by atoms with E-state index >= 15 is 0 Å². The molecule has 1 unspecified atom stereocenters. The molecule has 128 valence electrons. The summed E-state index contributed by atoms with van der Waals surface area (Å²) < 4.78 is 13.6. The first kappa shape index (κ1) is 19.4. The van der Waals surface area contributed by atoms with Crippen molar-refractivity contribution in [3.63, 3.8) is 0 Å². The van der Waals surface area contributed by atoms with Crippen LogP contribution in [0.5, 0.6) is 0 Å². The largest absolute Gasteiger partial charge is 0.353 e. The minimum Gasteiger partial charge on any atom is -0.353 e. The third-order valence-electron chi connectivity index (χ3n) is 3.76. The molecule has 0 aromatic heterocycles. The molecular weight excluding hydrogens is 321 g/mol. The number of nitrogens with two attached hydrogens (primary N) is 1. The number of hydrogen-bond acceptors (Lipinski definition) is 3. The van der Waals surface area contributed by atoms with Crippen LogP contribution in [0.25, 0.3) is 0 Å². The fraction of sp³-hybridized carbons (Fsp3) is 0.500. The van der Waals surface area contributed by atoms with Crippen LogP contribution in [0.4, 0.5) is 4.39 Å². The summed E-state index contributed by atoms with van der Waals surface area (Å²) in [5.74, 6) is -0.854. The zero-order valence-electron chi connectivity index (χ0n) is 13.1. The number of amides is 2. The van der Waals surface area contributed by atoms with Gasteiger partial charge in [-0.1, -0.05) is 12.1 Å². The summed E-state index contributed by atoms with van der Waals surface area (Å²) in [6.45, 7) is 2.81. The molecule has 1 aromatic rings. The average Bonchev–Trinajstić information content (AvgIpc) is 2.47. The summed E-state index contributed by atoms with van der Waals surface area (Å²) in [4.78, 5) is 25.6. The number of nitrogens with zero attached hydrogens (tertiary/aromatic N) is 1. The quantitative estimate of drug-likeness (QED) is 0.873. The molecule has 1 fully saturated rings. The third kappa shape index (κ3) is 5.48. The summed E-state index contributed by atoms with van der Waals surface area (Å²) in [5.41, 5.74) is 5.69. The lowest BCUT2D eigenvalue weighted by Gasteiger charge is -2.32. The lowest BCUT2D eigenvalue weighted by Crippen LogP contribution is -2.47. The molecule has 1 aromatic carbocycles. The molecule has 1 aliphatic heterocycles. The highest BCUT2D eigenvalue weighted by Crippen LogP contribution is 2.16. The number of halogens is 2. The van der Waals surface area contributed by atoms with E-state index in [0.717, 1.165) is 0 Å². The van der Waals surface area contributed by atoms with Gasteiger partial charge in [-0.2, -0.15) is 0 Å². The van der Waals surface area contributed by atoms with Crippen molar-refractivity contribution in [1.29, 1.82) is 0 Å². The van der Waals surface area contributed by atoms with Gasteiger partial charge in [0.2, 0.25) is 5.91 Å². The highest BCUT2D eigenvalue weighted by Gasteiger charge is 2.25. The van der Waals surface area contributed by atoms with Crippen molar-refractivity contribution in [2.75, 3.05) is 13.1 Å². The van der Waals surface area contributed by atoms with E-state index in [1.807, 2.05) is 0 Å². The number of carbonyl (C=O) groups is 2. The monoisotopic (exact) mass is 343 g/mol. The smallest absolute Gasteiger partial charge is 0.256 e. The van der Waals surface area contributed by atoms with E-state index in [1.54, 1.807) is 24.0 Å². The Morgan fingerprint density at radius 3 is 2.52 bits per heavy atom. The zero-order valence-corrected chi connectivity index (χ0v) is 13.9. The highest BCUT2D eigenvalue weighted by atomic mass is 35.5. The van der Waals surface area contributed by atoms with Crippen LogP contribution < -0.4 is 11.1 Å². The van der Waals surface area contributed by atoms with Crippen molar-refractivity contribution in [3.05, 3.63) is 35.6 Å². The maximum Gasteiger partial charge on any atom is 0.256 e. The first-order valence-electron chi connectivity index (χ1n) is 7.56. The first-order chi connectivity index (χ1) is 10.5. The van der Waals surface area contributed by atoms with Crippen molar-refractivity contribution in [2.24, 2.45) is 5.73 Å². The first-order valence-corrected chi connectivity index (χ1v) is 7.56. The van der Waals surface area contributed by atoms with E-state index in [1.165, 1.54) is 12.1 Å². The standard InChI is InChI=1S/C16H22FN3O2.ClH/c1-11(18)10-15(21)19-12-6-8-20(9-7-12)16(22)13-4-2-3-5-14(13)17;/h2-5,11-12H,6-10,18H2,1H3,(H,19,21);1H. The Labute approximate surface area is 141 Å². The van der Waals surface area contributed by atoms with Gasteiger partial charge in [0.25, 0.3) is 5.91 Å². The second-order valence-electron chi connectivity index (χ2n) is 5.80. The fourth-order valence-electron chi connectivity index (χ4n) is 2.61. The molecule has 1 heterocycles. The van der Waals surface area contributed by atoms with Crippen molar-refractivity contribution in [3.8, 4) is 0 Å². The van der Waals surface area contributed by atoms with Crippen LogP contribution in [-0.2, 0) is 4.79 Å². The second-order valence-corrected chi connectivity index (χ2v) is 5.80. The molecule has 2 amide bonds. The van der Waals surface area contributed by atoms with Gasteiger partial charge in [-0.3, -0.25) is 9.59 Å². The maximum absolute atomic E-state index is 13.6. The van der Waals surface area contributed by atoms with E-state index in [9.17, 15) is 14.0 Å². The van der Waals surface area contributed by atoms with E-state index in [-0.39, 0.29) is 41.9 Å². The number of carbonyl (C=O) groups excluding carboxylic acids is 2. The van der Waals surface area contributed by atoms with Gasteiger partial charge < -0.3 is 16.0 Å². The Hall–Kier alpha value is -1.66. The molecule has 23 heavy (non-hydrogen) atoms. The van der Waals surface area contributed by atoms with Gasteiger partial charge in [0.15, 0.2) is 0 Å². The van der Waals surface area contributed by atoms with Gasteiger partial charge in [0, 0.05) is 31.6 Å². The van der Waals surface area contributed by atoms with Crippen LogP contribution in [0.15, 0.2) is 24.3 Å². The summed E-state index contributed by atoms with van der Waals surface area (Å²) >= 11 is 0. The van der Waals surface area contributed by atoms with Gasteiger partial charge in [-0.15, -0.1) is 12.4 Å². The van der Waals surface area contributed by atoms with Crippen molar-refractivity contribution in [2.45, 2.75) is 38.3 Å². The van der Waals surface area contributed by atoms with Gasteiger partial charge in [0.1, 0.15) is 5.82 Å². The lowest BCUT2D eigenvalue weighted by molar-refractivity contribution is -0.122. The maximum atomic E-state index is 13.6. The van der Waals surface area contributed by atoms with Gasteiger partial charge in [0.05, 0.1) is 5.56 Å². The molecule has 2 rings (SSSR count). The number of hydrogen-bond donors (Lipinski definition) is 2. The molecule has 1 atom stereocenters. The van der Waals surface area contributed by atoms with Crippen molar-refractivity contribution in [1.82, 2.24) is 10.2 Å². The van der Waals surface area contributed by atoms with Crippen LogP contribution in [-0.4, -0.2) is 41.9 Å². The topological polar surface area (TPSA) is 75.4 Å². The molecule has 1 saturated heterocycles. The van der Waals surface area contributed by atoms with Crippen LogP contribution in [0.1, 0.15) is 36.5 Å². The molecule has 0 bridgehead atoms.